The maximum absolute atomic E-state index is 4.02. The third kappa shape index (κ3) is 4.80. The largest absolute Gasteiger partial charge is 0.374 e. The van der Waals surface area contributed by atoms with Crippen molar-refractivity contribution in [3.63, 3.8) is 0 Å². The fraction of sp³-hybridized carbons (Fsp3) is 0.244. The molecule has 0 bridgehead atoms. The molecule has 7 aliphatic rings. The van der Waals surface area contributed by atoms with Crippen LogP contribution in [0.3, 0.4) is 0 Å². The van der Waals surface area contributed by atoms with Gasteiger partial charge in [-0.25, -0.2) is 0 Å². The summed E-state index contributed by atoms with van der Waals surface area (Å²) in [5.41, 5.74) is 16.1. The normalized spacial score (nSPS) is 27.5. The van der Waals surface area contributed by atoms with Crippen molar-refractivity contribution in [1.29, 1.82) is 0 Å². The Morgan fingerprint density at radius 3 is 2.10 bits per heavy atom. The van der Waals surface area contributed by atoms with Crippen molar-refractivity contribution in [1.82, 2.24) is 5.32 Å². The standard InChI is InChI=1S/C45H42N4/c1-2-13-29(14-3-1)42-43(47-39-24-8-7-23-38(39)46-42)32-17-10-15-30(27-32)31-16-11-18-33(28-31)45-48-40-25-12-22-37-35-20-5-4-19-34(35)36-21-6-9-26-41(36)49(45)44(37)40/h1-2,4-11,13,17-21,23-28,30-31,42-43,45-48H,3,12,14-16,22H2. The lowest BCUT2D eigenvalue weighted by atomic mass is 9.77. The van der Waals surface area contributed by atoms with Crippen LogP contribution in [0, 0.1) is 11.8 Å². The topological polar surface area (TPSA) is 39.3 Å². The highest BCUT2D eigenvalue weighted by molar-refractivity contribution is 5.96. The Morgan fingerprint density at radius 1 is 0.612 bits per heavy atom. The number of para-hydroxylation sites is 3. The maximum Gasteiger partial charge on any atom is 0.130 e. The summed E-state index contributed by atoms with van der Waals surface area (Å²) in [6.45, 7) is 0. The van der Waals surface area contributed by atoms with E-state index in [2.05, 4.69) is 154 Å². The van der Waals surface area contributed by atoms with Crippen molar-refractivity contribution in [2.75, 3.05) is 15.5 Å². The molecule has 10 rings (SSSR count). The molecule has 3 N–H and O–H groups in total. The maximum atomic E-state index is 4.02. The van der Waals surface area contributed by atoms with Gasteiger partial charge in [0.15, 0.2) is 0 Å². The summed E-state index contributed by atoms with van der Waals surface area (Å²) in [6.07, 6.45) is 30.6. The van der Waals surface area contributed by atoms with Crippen LogP contribution in [-0.2, 0) is 0 Å². The summed E-state index contributed by atoms with van der Waals surface area (Å²) in [6, 6.07) is 27.1. The molecule has 3 aromatic rings. The highest BCUT2D eigenvalue weighted by atomic mass is 15.4. The minimum atomic E-state index is 0.0582. The van der Waals surface area contributed by atoms with Crippen LogP contribution in [0.1, 0.15) is 44.1 Å². The zero-order valence-electron chi connectivity index (χ0n) is 27.8. The molecule has 4 heteroatoms. The minimum absolute atomic E-state index is 0.0582. The quantitative estimate of drug-likeness (QED) is 0.266. The molecular formula is C45H42N4. The molecule has 3 aliphatic heterocycles. The van der Waals surface area contributed by atoms with Gasteiger partial charge >= 0.3 is 0 Å². The van der Waals surface area contributed by atoms with Gasteiger partial charge in [-0.1, -0.05) is 115 Å². The second kappa shape index (κ2) is 11.7. The van der Waals surface area contributed by atoms with Crippen molar-refractivity contribution in [2.45, 2.75) is 56.8 Å². The summed E-state index contributed by atoms with van der Waals surface area (Å²) in [5.74, 6) is 0.878. The van der Waals surface area contributed by atoms with E-state index in [1.54, 1.807) is 0 Å². The fourth-order valence-electron chi connectivity index (χ4n) is 9.28. The first-order valence-corrected chi connectivity index (χ1v) is 18.2. The Morgan fingerprint density at radius 2 is 1.31 bits per heavy atom. The van der Waals surface area contributed by atoms with Crippen LogP contribution in [0.15, 0.2) is 162 Å². The van der Waals surface area contributed by atoms with Crippen LogP contribution < -0.4 is 20.9 Å². The van der Waals surface area contributed by atoms with Gasteiger partial charge in [0.1, 0.15) is 6.17 Å². The SMILES string of the molecule is C1=CCCC(C2Nc3ccccc3NC2C2=CC(C3C=C(C4NC5=CCCC6=C5N4c4ccccc4-c4ccccc46)C=CC3)CC=C2)=C1. The van der Waals surface area contributed by atoms with Gasteiger partial charge in [-0.15, -0.1) is 0 Å². The lowest BCUT2D eigenvalue weighted by molar-refractivity contribution is 0.465. The Balaban J connectivity index is 1.00. The van der Waals surface area contributed by atoms with Crippen LogP contribution in [0.2, 0.25) is 0 Å². The molecule has 242 valence electrons. The van der Waals surface area contributed by atoms with E-state index in [-0.39, 0.29) is 18.2 Å². The number of benzene rings is 3. The summed E-state index contributed by atoms with van der Waals surface area (Å²) >= 11 is 0. The van der Waals surface area contributed by atoms with Crippen molar-refractivity contribution in [3.8, 4) is 11.1 Å². The number of fused-ring (bicyclic) bond motifs is 6. The molecule has 5 atom stereocenters. The fourth-order valence-corrected chi connectivity index (χ4v) is 9.28. The average Bonchev–Trinajstić information content (AvgIpc) is 3.52. The van der Waals surface area contributed by atoms with Crippen molar-refractivity contribution in [2.24, 2.45) is 11.8 Å². The number of allylic oxidation sites excluding steroid dienone is 9. The molecule has 3 aromatic carbocycles. The van der Waals surface area contributed by atoms with E-state index in [4.69, 9.17) is 0 Å². The molecule has 49 heavy (non-hydrogen) atoms. The molecular weight excluding hydrogens is 597 g/mol. The lowest BCUT2D eigenvalue weighted by Crippen LogP contribution is -2.45. The van der Waals surface area contributed by atoms with Crippen molar-refractivity contribution < 1.29 is 0 Å². The summed E-state index contributed by atoms with van der Waals surface area (Å²) in [7, 11) is 0. The molecule has 4 nitrogen and oxygen atoms in total. The zero-order chi connectivity index (χ0) is 32.3. The van der Waals surface area contributed by atoms with Crippen LogP contribution >= 0.6 is 0 Å². The van der Waals surface area contributed by atoms with E-state index in [1.165, 1.54) is 67.4 Å². The van der Waals surface area contributed by atoms with Crippen LogP contribution in [0.5, 0.6) is 0 Å². The van der Waals surface area contributed by atoms with E-state index < -0.39 is 0 Å². The molecule has 5 unspecified atom stereocenters. The number of nitrogens with one attached hydrogen (secondary N) is 3. The van der Waals surface area contributed by atoms with Gasteiger partial charge in [-0.3, -0.25) is 0 Å². The van der Waals surface area contributed by atoms with Crippen molar-refractivity contribution >= 4 is 22.6 Å². The van der Waals surface area contributed by atoms with Gasteiger partial charge in [0.25, 0.3) is 0 Å². The van der Waals surface area contributed by atoms with E-state index in [9.17, 15) is 0 Å². The molecule has 3 heterocycles. The van der Waals surface area contributed by atoms with Gasteiger partial charge in [-0.2, -0.15) is 0 Å². The first kappa shape index (κ1) is 28.8. The summed E-state index contributed by atoms with van der Waals surface area (Å²) < 4.78 is 0. The Bertz CT molecular complexity index is 2100. The predicted octanol–water partition coefficient (Wildman–Crippen LogP) is 10.0. The monoisotopic (exact) mass is 638 g/mol. The molecule has 1 fully saturated rings. The highest BCUT2D eigenvalue weighted by Gasteiger charge is 2.41. The van der Waals surface area contributed by atoms with E-state index >= 15 is 0 Å². The number of anilines is 3. The van der Waals surface area contributed by atoms with E-state index in [0.29, 0.717) is 11.8 Å². The minimum Gasteiger partial charge on any atom is -0.374 e. The van der Waals surface area contributed by atoms with Gasteiger partial charge < -0.3 is 20.9 Å². The molecule has 0 amide bonds. The summed E-state index contributed by atoms with van der Waals surface area (Å²) in [5, 5.41) is 11.9. The zero-order valence-corrected chi connectivity index (χ0v) is 27.8. The average molecular weight is 639 g/mol. The molecule has 4 aliphatic carbocycles. The predicted molar refractivity (Wildman–Crippen MR) is 204 cm³/mol. The summed E-state index contributed by atoms with van der Waals surface area (Å²) in [4.78, 5) is 2.61. The lowest BCUT2D eigenvalue weighted by Gasteiger charge is -2.40. The van der Waals surface area contributed by atoms with Crippen LogP contribution in [-0.4, -0.2) is 18.2 Å². The first-order valence-electron chi connectivity index (χ1n) is 18.2. The number of hydrogen-bond acceptors (Lipinski definition) is 4. The number of rotatable bonds is 4. The second-order valence-corrected chi connectivity index (χ2v) is 14.4. The number of nitrogens with zero attached hydrogens (tertiary/aromatic N) is 1. The van der Waals surface area contributed by atoms with Crippen molar-refractivity contribution in [3.05, 3.63) is 167 Å². The van der Waals surface area contributed by atoms with E-state index in [0.717, 1.165) is 38.5 Å². The number of hydrogen-bond donors (Lipinski definition) is 3. The van der Waals surface area contributed by atoms with Gasteiger partial charge in [0, 0.05) is 5.56 Å². The molecule has 0 spiro atoms. The molecule has 1 saturated heterocycles. The van der Waals surface area contributed by atoms with Crippen LogP contribution in [0.25, 0.3) is 16.7 Å². The third-order valence-corrected chi connectivity index (χ3v) is 11.6. The molecule has 0 aromatic heterocycles. The first-order chi connectivity index (χ1) is 24.3. The van der Waals surface area contributed by atoms with Gasteiger partial charge in [-0.05, 0) is 102 Å². The highest BCUT2D eigenvalue weighted by Crippen LogP contribution is 2.50. The van der Waals surface area contributed by atoms with Gasteiger partial charge in [0.2, 0.25) is 0 Å². The van der Waals surface area contributed by atoms with E-state index in [1.807, 2.05) is 0 Å². The smallest absolute Gasteiger partial charge is 0.130 e. The van der Waals surface area contributed by atoms with Crippen LogP contribution in [0.4, 0.5) is 17.1 Å². The third-order valence-electron chi connectivity index (χ3n) is 11.6. The molecule has 0 radical (unpaired) electrons. The second-order valence-electron chi connectivity index (χ2n) is 14.4. The Kier molecular flexibility index (Phi) is 6.89. The molecule has 0 saturated carbocycles. The Labute approximate surface area is 289 Å². The van der Waals surface area contributed by atoms with Gasteiger partial charge in [0.05, 0.1) is 40.5 Å². The Hall–Kier alpha value is -5.22.